The zero-order valence-electron chi connectivity index (χ0n) is 9.83. The maximum Gasteiger partial charge on any atom is 0.101 e. The summed E-state index contributed by atoms with van der Waals surface area (Å²) in [6, 6.07) is 4.40. The lowest BCUT2D eigenvalue weighted by Crippen LogP contribution is -2.31. The van der Waals surface area contributed by atoms with Crippen LogP contribution < -0.4 is 5.32 Å². The molecule has 0 aromatic carbocycles. The highest BCUT2D eigenvalue weighted by Crippen LogP contribution is 2.39. The van der Waals surface area contributed by atoms with Crippen LogP contribution >= 0.6 is 0 Å². The molecule has 1 aromatic rings. The Balaban J connectivity index is 2.18. The third-order valence-electron chi connectivity index (χ3n) is 3.53. The van der Waals surface area contributed by atoms with Crippen molar-refractivity contribution in [2.24, 2.45) is 5.41 Å². The van der Waals surface area contributed by atoms with Gasteiger partial charge < -0.3 is 5.32 Å². The summed E-state index contributed by atoms with van der Waals surface area (Å²) in [5, 5.41) is 12.5. The molecular formula is C13H17N3. The van der Waals surface area contributed by atoms with Crippen LogP contribution in [0.15, 0.2) is 18.5 Å². The number of hydrogen-bond acceptors (Lipinski definition) is 3. The van der Waals surface area contributed by atoms with Gasteiger partial charge in [-0.1, -0.05) is 20.3 Å². The lowest BCUT2D eigenvalue weighted by molar-refractivity contribution is 0.350. The molecular weight excluding hydrogens is 198 g/mol. The molecule has 0 aliphatic heterocycles. The molecule has 1 aliphatic rings. The first-order chi connectivity index (χ1) is 7.63. The molecule has 1 heterocycles. The summed E-state index contributed by atoms with van der Waals surface area (Å²) < 4.78 is 0. The quantitative estimate of drug-likeness (QED) is 0.825. The summed E-state index contributed by atoms with van der Waals surface area (Å²) in [7, 11) is 0. The topological polar surface area (TPSA) is 48.7 Å². The van der Waals surface area contributed by atoms with Crippen LogP contribution in [-0.4, -0.2) is 11.0 Å². The van der Waals surface area contributed by atoms with Gasteiger partial charge in [-0.05, 0) is 24.3 Å². The Morgan fingerprint density at radius 2 is 2.38 bits per heavy atom. The molecule has 1 aliphatic carbocycles. The highest BCUT2D eigenvalue weighted by atomic mass is 15.0. The zero-order chi connectivity index (χ0) is 11.6. The molecule has 1 fully saturated rings. The summed E-state index contributed by atoms with van der Waals surface area (Å²) in [5.41, 5.74) is 1.85. The second-order valence-corrected chi connectivity index (χ2v) is 5.11. The van der Waals surface area contributed by atoms with E-state index in [0.29, 0.717) is 17.0 Å². The fourth-order valence-electron chi connectivity index (χ4n) is 2.39. The average molecular weight is 215 g/mol. The van der Waals surface area contributed by atoms with Gasteiger partial charge in [0.25, 0.3) is 0 Å². The maximum absolute atomic E-state index is 9.00. The number of nitriles is 1. The normalized spacial score (nSPS) is 22.7. The van der Waals surface area contributed by atoms with E-state index in [0.717, 1.165) is 5.69 Å². The van der Waals surface area contributed by atoms with Crippen LogP contribution in [0, 0.1) is 16.7 Å². The molecule has 0 bridgehead atoms. The van der Waals surface area contributed by atoms with E-state index in [-0.39, 0.29) is 0 Å². The van der Waals surface area contributed by atoms with E-state index in [9.17, 15) is 0 Å². The molecule has 1 unspecified atom stereocenters. The minimum atomic E-state index is 0.308. The Morgan fingerprint density at radius 3 is 3.00 bits per heavy atom. The van der Waals surface area contributed by atoms with E-state index in [1.165, 1.54) is 19.3 Å². The number of pyridine rings is 1. The Morgan fingerprint density at radius 1 is 1.56 bits per heavy atom. The van der Waals surface area contributed by atoms with Crippen molar-refractivity contribution in [3.8, 4) is 6.07 Å². The number of anilines is 1. The van der Waals surface area contributed by atoms with Gasteiger partial charge in [0.1, 0.15) is 6.07 Å². The number of nitrogens with zero attached hydrogens (tertiary/aromatic N) is 2. The Hall–Kier alpha value is -1.56. The molecule has 3 heteroatoms. The first kappa shape index (κ1) is 10.9. The molecule has 16 heavy (non-hydrogen) atoms. The van der Waals surface area contributed by atoms with Crippen molar-refractivity contribution in [3.05, 3.63) is 24.0 Å². The van der Waals surface area contributed by atoms with Crippen LogP contribution in [0.4, 0.5) is 5.69 Å². The molecule has 0 spiro atoms. The minimum absolute atomic E-state index is 0.308. The van der Waals surface area contributed by atoms with Crippen molar-refractivity contribution in [1.82, 2.24) is 4.98 Å². The second kappa shape index (κ2) is 4.13. The van der Waals surface area contributed by atoms with Gasteiger partial charge in [0.15, 0.2) is 0 Å². The van der Waals surface area contributed by atoms with Crippen molar-refractivity contribution >= 4 is 5.69 Å². The van der Waals surface area contributed by atoms with Crippen molar-refractivity contribution in [3.63, 3.8) is 0 Å². The molecule has 1 aromatic heterocycles. The van der Waals surface area contributed by atoms with Gasteiger partial charge in [0.2, 0.25) is 0 Å². The van der Waals surface area contributed by atoms with Gasteiger partial charge in [0.05, 0.1) is 17.4 Å². The second-order valence-electron chi connectivity index (χ2n) is 5.11. The average Bonchev–Trinajstić information content (AvgIpc) is 2.59. The van der Waals surface area contributed by atoms with Gasteiger partial charge >= 0.3 is 0 Å². The zero-order valence-corrected chi connectivity index (χ0v) is 9.83. The number of hydrogen-bond donors (Lipinski definition) is 1. The molecule has 3 nitrogen and oxygen atoms in total. The van der Waals surface area contributed by atoms with Crippen LogP contribution in [0.25, 0.3) is 0 Å². The van der Waals surface area contributed by atoms with E-state index >= 15 is 0 Å². The molecule has 1 saturated carbocycles. The van der Waals surface area contributed by atoms with Crippen molar-refractivity contribution in [2.45, 2.75) is 39.2 Å². The molecule has 1 N–H and O–H groups in total. The molecule has 0 amide bonds. The maximum atomic E-state index is 9.00. The van der Waals surface area contributed by atoms with E-state index in [1.807, 2.05) is 0 Å². The minimum Gasteiger partial charge on any atom is -0.379 e. The Labute approximate surface area is 96.5 Å². The lowest BCUT2D eigenvalue weighted by atomic mass is 9.87. The Kier molecular flexibility index (Phi) is 2.82. The van der Waals surface area contributed by atoms with E-state index < -0.39 is 0 Å². The van der Waals surface area contributed by atoms with Crippen LogP contribution in [0.5, 0.6) is 0 Å². The number of nitrogens with one attached hydrogen (secondary N) is 1. The monoisotopic (exact) mass is 215 g/mol. The predicted octanol–water partition coefficient (Wildman–Crippen LogP) is 2.94. The van der Waals surface area contributed by atoms with Gasteiger partial charge in [0, 0.05) is 12.2 Å². The highest BCUT2D eigenvalue weighted by Gasteiger charge is 2.34. The van der Waals surface area contributed by atoms with Crippen LogP contribution in [0.2, 0.25) is 0 Å². The summed E-state index contributed by atoms with van der Waals surface area (Å²) in [4.78, 5) is 4.07. The SMILES string of the molecule is CC1(C)CCCC1Nc1cnccc1C#N. The van der Waals surface area contributed by atoms with Crippen LogP contribution in [-0.2, 0) is 0 Å². The van der Waals surface area contributed by atoms with Crippen molar-refractivity contribution in [1.29, 1.82) is 5.26 Å². The van der Waals surface area contributed by atoms with E-state index in [2.05, 4.69) is 30.2 Å². The molecule has 0 saturated heterocycles. The first-order valence-corrected chi connectivity index (χ1v) is 5.74. The highest BCUT2D eigenvalue weighted by molar-refractivity contribution is 5.56. The van der Waals surface area contributed by atoms with Gasteiger partial charge in [-0.25, -0.2) is 0 Å². The molecule has 1 atom stereocenters. The largest absolute Gasteiger partial charge is 0.379 e. The van der Waals surface area contributed by atoms with E-state index in [4.69, 9.17) is 5.26 Å². The predicted molar refractivity (Wildman–Crippen MR) is 64.0 cm³/mol. The standard InChI is InChI=1S/C13H17N3/c1-13(2)6-3-4-12(13)16-11-9-15-7-5-10(11)8-14/h5,7,9,12,16H,3-4,6H2,1-2H3. The first-order valence-electron chi connectivity index (χ1n) is 5.74. The fraction of sp³-hybridized carbons (Fsp3) is 0.538. The third kappa shape index (κ3) is 2.01. The smallest absolute Gasteiger partial charge is 0.101 e. The molecule has 84 valence electrons. The Bertz CT molecular complexity index is 417. The van der Waals surface area contributed by atoms with Crippen LogP contribution in [0.3, 0.4) is 0 Å². The lowest BCUT2D eigenvalue weighted by Gasteiger charge is -2.28. The van der Waals surface area contributed by atoms with Crippen LogP contribution in [0.1, 0.15) is 38.7 Å². The number of aromatic nitrogens is 1. The summed E-state index contributed by atoms with van der Waals surface area (Å²) in [6.07, 6.45) is 7.07. The van der Waals surface area contributed by atoms with E-state index in [1.54, 1.807) is 18.5 Å². The summed E-state index contributed by atoms with van der Waals surface area (Å²) in [5.74, 6) is 0. The molecule has 2 rings (SSSR count). The molecule has 0 radical (unpaired) electrons. The number of rotatable bonds is 2. The fourth-order valence-corrected chi connectivity index (χ4v) is 2.39. The summed E-state index contributed by atoms with van der Waals surface area (Å²) in [6.45, 7) is 4.56. The third-order valence-corrected chi connectivity index (χ3v) is 3.53. The van der Waals surface area contributed by atoms with Crippen molar-refractivity contribution < 1.29 is 0 Å². The summed E-state index contributed by atoms with van der Waals surface area (Å²) >= 11 is 0. The van der Waals surface area contributed by atoms with Gasteiger partial charge in [-0.15, -0.1) is 0 Å². The van der Waals surface area contributed by atoms with Crippen molar-refractivity contribution in [2.75, 3.05) is 5.32 Å². The van der Waals surface area contributed by atoms with Gasteiger partial charge in [-0.2, -0.15) is 5.26 Å². The van der Waals surface area contributed by atoms with Gasteiger partial charge in [-0.3, -0.25) is 4.98 Å².